The van der Waals surface area contributed by atoms with Crippen LogP contribution >= 0.6 is 0 Å². The minimum Gasteiger partial charge on any atom is -0.329 e. The highest BCUT2D eigenvalue weighted by Gasteiger charge is 2.31. The number of nitrogens with one attached hydrogen (secondary N) is 1. The standard InChI is InChI=1S/C9H13F3N2/c1-6(2)4-8(9(10,11)12)5-7(3)14-13/h4-5,14H,1,13H2,2-3H3/b7-5+,8-4+. The number of hydrogen-bond acceptors (Lipinski definition) is 2. The van der Waals surface area contributed by atoms with Crippen LogP contribution in [0.4, 0.5) is 13.2 Å². The molecule has 0 aromatic carbocycles. The van der Waals surface area contributed by atoms with Crippen molar-refractivity contribution < 1.29 is 13.2 Å². The van der Waals surface area contributed by atoms with E-state index in [0.29, 0.717) is 5.57 Å². The molecule has 0 aliphatic carbocycles. The monoisotopic (exact) mass is 206 g/mol. The number of alkyl halides is 3. The van der Waals surface area contributed by atoms with Gasteiger partial charge in [-0.1, -0.05) is 12.2 Å². The summed E-state index contributed by atoms with van der Waals surface area (Å²) in [5.41, 5.74) is 1.92. The van der Waals surface area contributed by atoms with Crippen LogP contribution in [-0.2, 0) is 0 Å². The Kier molecular flexibility index (Phi) is 4.43. The molecule has 14 heavy (non-hydrogen) atoms. The van der Waals surface area contributed by atoms with Crippen molar-refractivity contribution in [2.24, 2.45) is 5.84 Å². The van der Waals surface area contributed by atoms with E-state index in [1.165, 1.54) is 13.8 Å². The second-order valence-corrected chi connectivity index (χ2v) is 2.92. The molecule has 2 nitrogen and oxygen atoms in total. The van der Waals surface area contributed by atoms with Crippen molar-refractivity contribution in [3.63, 3.8) is 0 Å². The van der Waals surface area contributed by atoms with E-state index in [0.717, 1.165) is 12.2 Å². The Morgan fingerprint density at radius 2 is 1.79 bits per heavy atom. The van der Waals surface area contributed by atoms with Crippen molar-refractivity contribution in [3.05, 3.63) is 35.6 Å². The summed E-state index contributed by atoms with van der Waals surface area (Å²) in [6.07, 6.45) is -2.51. The number of nitrogens with two attached hydrogens (primary N) is 1. The Balaban J connectivity index is 5.04. The molecule has 5 heteroatoms. The highest BCUT2D eigenvalue weighted by molar-refractivity contribution is 5.32. The van der Waals surface area contributed by atoms with Crippen molar-refractivity contribution in [2.45, 2.75) is 20.0 Å². The summed E-state index contributed by atoms with van der Waals surface area (Å²) in [6.45, 7) is 6.32. The van der Waals surface area contributed by atoms with Crippen molar-refractivity contribution >= 4 is 0 Å². The van der Waals surface area contributed by atoms with Crippen LogP contribution in [0.5, 0.6) is 0 Å². The smallest absolute Gasteiger partial charge is 0.329 e. The van der Waals surface area contributed by atoms with Gasteiger partial charge in [-0.15, -0.1) is 0 Å². The molecule has 0 amide bonds. The number of halogens is 3. The summed E-state index contributed by atoms with van der Waals surface area (Å²) in [5.74, 6) is 4.96. The zero-order valence-corrected chi connectivity index (χ0v) is 8.07. The minimum atomic E-state index is -4.39. The number of rotatable bonds is 3. The van der Waals surface area contributed by atoms with E-state index in [4.69, 9.17) is 5.84 Å². The maximum absolute atomic E-state index is 12.4. The zero-order valence-electron chi connectivity index (χ0n) is 8.07. The maximum Gasteiger partial charge on any atom is 0.416 e. The summed E-state index contributed by atoms with van der Waals surface area (Å²) >= 11 is 0. The largest absolute Gasteiger partial charge is 0.416 e. The van der Waals surface area contributed by atoms with Gasteiger partial charge in [0.1, 0.15) is 0 Å². The average Bonchev–Trinajstić information content (AvgIpc) is 2.00. The van der Waals surface area contributed by atoms with Gasteiger partial charge >= 0.3 is 6.18 Å². The fraction of sp³-hybridized carbons (Fsp3) is 0.333. The molecule has 0 saturated carbocycles. The number of hydrazine groups is 1. The molecule has 0 aromatic heterocycles. The molecule has 0 bridgehead atoms. The Hall–Kier alpha value is -1.23. The predicted octanol–water partition coefficient (Wildman–Crippen LogP) is 2.42. The lowest BCUT2D eigenvalue weighted by Gasteiger charge is -2.09. The van der Waals surface area contributed by atoms with Crippen LogP contribution in [0.25, 0.3) is 0 Å². The lowest BCUT2D eigenvalue weighted by Crippen LogP contribution is -2.20. The molecule has 0 heterocycles. The SMILES string of the molecule is C=C(C)/C=C(\C=C(/C)NN)C(F)(F)F. The van der Waals surface area contributed by atoms with Gasteiger partial charge in [-0.2, -0.15) is 13.2 Å². The van der Waals surface area contributed by atoms with Gasteiger partial charge in [-0.25, -0.2) is 0 Å². The van der Waals surface area contributed by atoms with Crippen molar-refractivity contribution in [1.82, 2.24) is 5.43 Å². The second-order valence-electron chi connectivity index (χ2n) is 2.92. The third-order valence-corrected chi connectivity index (χ3v) is 1.33. The first-order valence-corrected chi connectivity index (χ1v) is 3.86. The van der Waals surface area contributed by atoms with Crippen LogP contribution in [0.3, 0.4) is 0 Å². The van der Waals surface area contributed by atoms with E-state index in [2.05, 4.69) is 12.0 Å². The molecule has 0 aliphatic heterocycles. The molecular formula is C9H13F3N2. The molecule has 0 saturated heterocycles. The summed E-state index contributed by atoms with van der Waals surface area (Å²) < 4.78 is 37.1. The molecule has 0 rings (SSSR count). The molecule has 0 aliphatic rings. The zero-order chi connectivity index (χ0) is 11.4. The summed E-state index contributed by atoms with van der Waals surface area (Å²) in [5, 5.41) is 0. The summed E-state index contributed by atoms with van der Waals surface area (Å²) in [6, 6.07) is 0. The Morgan fingerprint density at radius 1 is 1.29 bits per heavy atom. The normalized spacial score (nSPS) is 14.1. The van der Waals surface area contributed by atoms with Crippen molar-refractivity contribution in [3.8, 4) is 0 Å². The van der Waals surface area contributed by atoms with Gasteiger partial charge in [-0.05, 0) is 26.0 Å². The first-order valence-electron chi connectivity index (χ1n) is 3.86. The van der Waals surface area contributed by atoms with Gasteiger partial charge in [0.15, 0.2) is 0 Å². The fourth-order valence-electron chi connectivity index (χ4n) is 0.746. The third kappa shape index (κ3) is 4.71. The third-order valence-electron chi connectivity index (χ3n) is 1.33. The van der Waals surface area contributed by atoms with Gasteiger partial charge in [0.05, 0.1) is 5.57 Å². The van der Waals surface area contributed by atoms with Crippen LogP contribution in [0.15, 0.2) is 35.6 Å². The van der Waals surface area contributed by atoms with Crippen molar-refractivity contribution in [1.29, 1.82) is 0 Å². The van der Waals surface area contributed by atoms with E-state index in [1.54, 1.807) is 0 Å². The highest BCUT2D eigenvalue weighted by atomic mass is 19.4. The Bertz CT molecular complexity index is 274. The van der Waals surface area contributed by atoms with Crippen LogP contribution in [0.1, 0.15) is 13.8 Å². The van der Waals surface area contributed by atoms with Crippen LogP contribution in [-0.4, -0.2) is 6.18 Å². The van der Waals surface area contributed by atoms with E-state index < -0.39 is 11.7 Å². The lowest BCUT2D eigenvalue weighted by molar-refractivity contribution is -0.0883. The van der Waals surface area contributed by atoms with Gasteiger partial charge < -0.3 is 5.43 Å². The molecule has 80 valence electrons. The van der Waals surface area contributed by atoms with Crippen molar-refractivity contribution in [2.75, 3.05) is 0 Å². The number of allylic oxidation sites excluding steroid dienone is 5. The lowest BCUT2D eigenvalue weighted by atomic mass is 10.1. The molecular weight excluding hydrogens is 193 g/mol. The van der Waals surface area contributed by atoms with Gasteiger partial charge in [0.25, 0.3) is 0 Å². The van der Waals surface area contributed by atoms with E-state index in [9.17, 15) is 13.2 Å². The molecule has 0 atom stereocenters. The van der Waals surface area contributed by atoms with Crippen LogP contribution < -0.4 is 11.3 Å². The molecule has 0 spiro atoms. The first kappa shape index (κ1) is 12.8. The van der Waals surface area contributed by atoms with E-state index in [-0.39, 0.29) is 5.70 Å². The van der Waals surface area contributed by atoms with E-state index in [1.807, 2.05) is 0 Å². The van der Waals surface area contributed by atoms with Crippen LogP contribution in [0, 0.1) is 0 Å². The first-order chi connectivity index (χ1) is 6.27. The Labute approximate surface area is 80.9 Å². The highest BCUT2D eigenvalue weighted by Crippen LogP contribution is 2.27. The quantitative estimate of drug-likeness (QED) is 0.423. The topological polar surface area (TPSA) is 38.0 Å². The Morgan fingerprint density at radius 3 is 2.07 bits per heavy atom. The van der Waals surface area contributed by atoms with Gasteiger partial charge in [-0.3, -0.25) is 5.84 Å². The molecule has 0 unspecified atom stereocenters. The second kappa shape index (κ2) is 4.85. The molecule has 0 fully saturated rings. The molecule has 3 N–H and O–H groups in total. The number of hydrogen-bond donors (Lipinski definition) is 2. The predicted molar refractivity (Wildman–Crippen MR) is 50.0 cm³/mol. The summed E-state index contributed by atoms with van der Waals surface area (Å²) in [7, 11) is 0. The maximum atomic E-state index is 12.4. The molecule has 0 aromatic rings. The average molecular weight is 206 g/mol. The van der Waals surface area contributed by atoms with Gasteiger partial charge in [0, 0.05) is 5.70 Å². The minimum absolute atomic E-state index is 0.231. The van der Waals surface area contributed by atoms with E-state index >= 15 is 0 Å². The van der Waals surface area contributed by atoms with Crippen LogP contribution in [0.2, 0.25) is 0 Å². The fourth-order valence-corrected chi connectivity index (χ4v) is 0.746. The molecule has 0 radical (unpaired) electrons. The van der Waals surface area contributed by atoms with Gasteiger partial charge in [0.2, 0.25) is 0 Å². The summed E-state index contributed by atoms with van der Waals surface area (Å²) in [4.78, 5) is 0.